The van der Waals surface area contributed by atoms with Crippen LogP contribution in [0, 0.1) is 17.6 Å². The Hall–Kier alpha value is -1.98. The lowest BCUT2D eigenvalue weighted by Gasteiger charge is -2.25. The van der Waals surface area contributed by atoms with E-state index in [9.17, 15) is 18.4 Å². The molecule has 6 heteroatoms. The van der Waals surface area contributed by atoms with Crippen LogP contribution >= 0.6 is 0 Å². The van der Waals surface area contributed by atoms with Crippen molar-refractivity contribution in [3.63, 3.8) is 0 Å². The lowest BCUT2D eigenvalue weighted by atomic mass is 9.85. The Kier molecular flexibility index (Phi) is 3.78. The molecule has 0 aliphatic heterocycles. The van der Waals surface area contributed by atoms with Gasteiger partial charge in [0.1, 0.15) is 0 Å². The topological polar surface area (TPSA) is 66.4 Å². The van der Waals surface area contributed by atoms with Crippen LogP contribution in [0.15, 0.2) is 12.1 Å². The molecule has 2 rings (SSSR count). The summed E-state index contributed by atoms with van der Waals surface area (Å²) in [6.45, 7) is 0.427. The Morgan fingerprint density at radius 3 is 2.26 bits per heavy atom. The van der Waals surface area contributed by atoms with Gasteiger partial charge in [-0.2, -0.15) is 0 Å². The highest BCUT2D eigenvalue weighted by atomic mass is 19.2. The third-order valence-corrected chi connectivity index (χ3v) is 3.31. The van der Waals surface area contributed by atoms with E-state index in [1.54, 1.807) is 0 Å². The van der Waals surface area contributed by atoms with E-state index in [1.165, 1.54) is 0 Å². The van der Waals surface area contributed by atoms with Gasteiger partial charge in [-0.05, 0) is 30.9 Å². The first-order valence-corrected chi connectivity index (χ1v) is 5.99. The van der Waals surface area contributed by atoms with Crippen LogP contribution in [0.2, 0.25) is 0 Å². The van der Waals surface area contributed by atoms with Gasteiger partial charge in [-0.3, -0.25) is 4.79 Å². The molecule has 1 aliphatic rings. The zero-order chi connectivity index (χ0) is 14.0. The fourth-order valence-corrected chi connectivity index (χ4v) is 1.94. The number of amides is 1. The molecule has 1 fully saturated rings. The van der Waals surface area contributed by atoms with E-state index in [4.69, 9.17) is 5.11 Å². The van der Waals surface area contributed by atoms with Crippen molar-refractivity contribution in [1.82, 2.24) is 5.32 Å². The predicted octanol–water partition coefficient (Wildman–Crippen LogP) is 2.19. The number of rotatable bonds is 4. The van der Waals surface area contributed by atoms with Crippen molar-refractivity contribution in [3.8, 4) is 0 Å². The second-order valence-electron chi connectivity index (χ2n) is 4.62. The van der Waals surface area contributed by atoms with E-state index in [1.807, 2.05) is 0 Å². The highest BCUT2D eigenvalue weighted by Gasteiger charge is 2.22. The third-order valence-electron chi connectivity index (χ3n) is 3.31. The van der Waals surface area contributed by atoms with Crippen LogP contribution in [-0.2, 0) is 0 Å². The first kappa shape index (κ1) is 13.5. The third kappa shape index (κ3) is 2.89. The molecule has 1 aromatic carbocycles. The molecule has 1 amide bonds. The van der Waals surface area contributed by atoms with Crippen LogP contribution in [0.25, 0.3) is 0 Å². The Morgan fingerprint density at radius 2 is 1.79 bits per heavy atom. The number of aromatic carboxylic acids is 1. The Labute approximate surface area is 108 Å². The van der Waals surface area contributed by atoms with Gasteiger partial charge >= 0.3 is 5.97 Å². The molecule has 0 aromatic heterocycles. The SMILES string of the molecule is O=C(O)c1cc(F)c(F)cc1C(=O)NCC1CCC1. The number of nitrogens with one attached hydrogen (secondary N) is 1. The van der Waals surface area contributed by atoms with E-state index in [-0.39, 0.29) is 5.56 Å². The minimum absolute atomic E-state index is 0.356. The number of carbonyl (C=O) groups is 2. The smallest absolute Gasteiger partial charge is 0.336 e. The van der Waals surface area contributed by atoms with Crippen LogP contribution in [0.5, 0.6) is 0 Å². The van der Waals surface area contributed by atoms with Crippen molar-refractivity contribution in [2.75, 3.05) is 6.54 Å². The lowest BCUT2D eigenvalue weighted by Crippen LogP contribution is -2.33. The van der Waals surface area contributed by atoms with E-state index in [0.717, 1.165) is 19.3 Å². The van der Waals surface area contributed by atoms with Crippen LogP contribution in [0.3, 0.4) is 0 Å². The first-order chi connectivity index (χ1) is 8.99. The number of hydrogen-bond acceptors (Lipinski definition) is 2. The first-order valence-electron chi connectivity index (χ1n) is 5.99. The molecule has 1 saturated carbocycles. The zero-order valence-electron chi connectivity index (χ0n) is 10.1. The van der Waals surface area contributed by atoms with Gasteiger partial charge in [0.15, 0.2) is 11.6 Å². The van der Waals surface area contributed by atoms with Gasteiger partial charge in [0.25, 0.3) is 5.91 Å². The second kappa shape index (κ2) is 5.34. The molecule has 0 spiro atoms. The van der Waals surface area contributed by atoms with Crippen LogP contribution in [-0.4, -0.2) is 23.5 Å². The Bertz CT molecular complexity index is 527. The standard InChI is InChI=1S/C13H13F2NO3/c14-10-4-8(9(13(18)19)5-11(10)15)12(17)16-6-7-2-1-3-7/h4-5,7H,1-3,6H2,(H,16,17)(H,18,19). The molecule has 19 heavy (non-hydrogen) atoms. The van der Waals surface area contributed by atoms with Gasteiger partial charge in [-0.1, -0.05) is 6.42 Å². The largest absolute Gasteiger partial charge is 0.478 e. The number of carbonyl (C=O) groups excluding carboxylic acids is 1. The Morgan fingerprint density at radius 1 is 1.21 bits per heavy atom. The molecule has 0 saturated heterocycles. The number of hydrogen-bond donors (Lipinski definition) is 2. The molecule has 4 nitrogen and oxygen atoms in total. The van der Waals surface area contributed by atoms with Crippen molar-refractivity contribution in [3.05, 3.63) is 34.9 Å². The molecule has 1 aliphatic carbocycles. The van der Waals surface area contributed by atoms with Gasteiger partial charge in [0, 0.05) is 6.54 Å². The van der Waals surface area contributed by atoms with Crippen LogP contribution < -0.4 is 5.32 Å². The summed E-state index contributed by atoms with van der Waals surface area (Å²) in [5.74, 6) is -4.29. The minimum Gasteiger partial charge on any atom is -0.478 e. The van der Waals surface area contributed by atoms with Gasteiger partial charge < -0.3 is 10.4 Å². The predicted molar refractivity (Wildman–Crippen MR) is 63.0 cm³/mol. The average molecular weight is 269 g/mol. The molecular weight excluding hydrogens is 256 g/mol. The number of carboxylic acid groups (broad SMARTS) is 1. The van der Waals surface area contributed by atoms with E-state index in [2.05, 4.69) is 5.32 Å². The summed E-state index contributed by atoms with van der Waals surface area (Å²) >= 11 is 0. The number of carboxylic acids is 1. The summed E-state index contributed by atoms with van der Waals surface area (Å²) in [6, 6.07) is 1.14. The molecule has 1 aromatic rings. The summed E-state index contributed by atoms with van der Waals surface area (Å²) in [7, 11) is 0. The molecule has 0 bridgehead atoms. The quantitative estimate of drug-likeness (QED) is 0.880. The van der Waals surface area contributed by atoms with Crippen LogP contribution in [0.4, 0.5) is 8.78 Å². The minimum atomic E-state index is -1.47. The molecule has 0 unspecified atom stereocenters. The molecule has 0 heterocycles. The summed E-state index contributed by atoms with van der Waals surface area (Å²) in [5.41, 5.74) is -0.893. The van der Waals surface area contributed by atoms with Gasteiger partial charge in [0.2, 0.25) is 0 Å². The monoisotopic (exact) mass is 269 g/mol. The maximum Gasteiger partial charge on any atom is 0.336 e. The lowest BCUT2D eigenvalue weighted by molar-refractivity contribution is 0.0690. The summed E-state index contributed by atoms with van der Waals surface area (Å²) < 4.78 is 26.1. The maximum absolute atomic E-state index is 13.1. The molecular formula is C13H13F2NO3. The van der Waals surface area contributed by atoms with Gasteiger partial charge in [0.05, 0.1) is 11.1 Å². The molecule has 2 N–H and O–H groups in total. The fraction of sp³-hybridized carbons (Fsp3) is 0.385. The van der Waals surface area contributed by atoms with Gasteiger partial charge in [-0.15, -0.1) is 0 Å². The fourth-order valence-electron chi connectivity index (χ4n) is 1.94. The highest BCUT2D eigenvalue weighted by molar-refractivity contribution is 6.04. The summed E-state index contributed by atoms with van der Waals surface area (Å²) in [5, 5.41) is 11.4. The molecule has 0 radical (unpaired) electrons. The Balaban J connectivity index is 2.18. The molecule has 0 atom stereocenters. The van der Waals surface area contributed by atoms with E-state index in [0.29, 0.717) is 24.6 Å². The summed E-state index contributed by atoms with van der Waals surface area (Å²) in [4.78, 5) is 22.7. The van der Waals surface area contributed by atoms with E-state index < -0.39 is 29.1 Å². The van der Waals surface area contributed by atoms with Gasteiger partial charge in [-0.25, -0.2) is 13.6 Å². The van der Waals surface area contributed by atoms with E-state index >= 15 is 0 Å². The molecule has 102 valence electrons. The van der Waals surface area contributed by atoms with Crippen molar-refractivity contribution >= 4 is 11.9 Å². The second-order valence-corrected chi connectivity index (χ2v) is 4.62. The summed E-state index contributed by atoms with van der Waals surface area (Å²) in [6.07, 6.45) is 3.15. The average Bonchev–Trinajstić information content (AvgIpc) is 2.29. The van der Waals surface area contributed by atoms with Crippen molar-refractivity contribution in [1.29, 1.82) is 0 Å². The normalized spacial score (nSPS) is 14.8. The number of benzene rings is 1. The van der Waals surface area contributed by atoms with Crippen LogP contribution in [0.1, 0.15) is 40.0 Å². The van der Waals surface area contributed by atoms with Crippen molar-refractivity contribution < 1.29 is 23.5 Å². The zero-order valence-corrected chi connectivity index (χ0v) is 10.1. The number of halogens is 2. The highest BCUT2D eigenvalue weighted by Crippen LogP contribution is 2.25. The van der Waals surface area contributed by atoms with Crippen molar-refractivity contribution in [2.24, 2.45) is 5.92 Å². The maximum atomic E-state index is 13.1. The van der Waals surface area contributed by atoms with Crippen molar-refractivity contribution in [2.45, 2.75) is 19.3 Å².